The van der Waals surface area contributed by atoms with Crippen molar-refractivity contribution in [2.45, 2.75) is 13.2 Å². The first kappa shape index (κ1) is 14.4. The van der Waals surface area contributed by atoms with E-state index in [2.05, 4.69) is 10.3 Å². The molecule has 106 valence electrons. The van der Waals surface area contributed by atoms with Crippen LogP contribution in [0.15, 0.2) is 36.5 Å². The van der Waals surface area contributed by atoms with Crippen LogP contribution in [0.3, 0.4) is 0 Å². The van der Waals surface area contributed by atoms with E-state index in [1.54, 1.807) is 24.3 Å². The van der Waals surface area contributed by atoms with Crippen LogP contribution in [0.5, 0.6) is 0 Å². The lowest BCUT2D eigenvalue weighted by molar-refractivity contribution is -0.384. The first-order valence-corrected chi connectivity index (χ1v) is 6.11. The quantitative estimate of drug-likeness (QED) is 0.641. The van der Waals surface area contributed by atoms with Crippen LogP contribution in [0, 0.1) is 21.4 Å². The molecular formula is C14H12N4O3. The zero-order valence-corrected chi connectivity index (χ0v) is 11.0. The number of hydrogen-bond donors (Lipinski definition) is 2. The summed E-state index contributed by atoms with van der Waals surface area (Å²) in [4.78, 5) is 14.3. The highest BCUT2D eigenvalue weighted by Crippen LogP contribution is 2.26. The molecule has 2 rings (SSSR count). The van der Waals surface area contributed by atoms with E-state index in [0.29, 0.717) is 6.54 Å². The molecule has 0 bridgehead atoms. The molecule has 2 aromatic rings. The number of aliphatic hydroxyl groups is 1. The van der Waals surface area contributed by atoms with Gasteiger partial charge < -0.3 is 10.4 Å². The Morgan fingerprint density at radius 2 is 2.14 bits per heavy atom. The van der Waals surface area contributed by atoms with Crippen molar-refractivity contribution in [2.24, 2.45) is 0 Å². The molecule has 0 fully saturated rings. The second-order valence-electron chi connectivity index (χ2n) is 4.26. The smallest absolute Gasteiger partial charge is 0.328 e. The highest BCUT2D eigenvalue weighted by molar-refractivity contribution is 5.64. The Kier molecular flexibility index (Phi) is 4.43. The molecule has 0 atom stereocenters. The molecule has 0 aliphatic heterocycles. The lowest BCUT2D eigenvalue weighted by Crippen LogP contribution is -2.06. The minimum atomic E-state index is -0.627. The summed E-state index contributed by atoms with van der Waals surface area (Å²) in [6, 6.07) is 10.3. The van der Waals surface area contributed by atoms with E-state index in [1.807, 2.05) is 6.07 Å². The number of hydrogen-bond acceptors (Lipinski definition) is 6. The van der Waals surface area contributed by atoms with Crippen LogP contribution in [0.1, 0.15) is 16.7 Å². The topological polar surface area (TPSA) is 112 Å². The predicted octanol–water partition coefficient (Wildman–Crippen LogP) is 1.97. The normalized spacial score (nSPS) is 9.90. The lowest BCUT2D eigenvalue weighted by Gasteiger charge is -2.07. The zero-order valence-electron chi connectivity index (χ0n) is 11.0. The van der Waals surface area contributed by atoms with Crippen LogP contribution in [-0.2, 0) is 13.2 Å². The van der Waals surface area contributed by atoms with Gasteiger partial charge in [-0.1, -0.05) is 24.3 Å². The maximum absolute atomic E-state index is 11.1. The van der Waals surface area contributed by atoms with Gasteiger partial charge in [-0.3, -0.25) is 10.1 Å². The zero-order chi connectivity index (χ0) is 15.2. The van der Waals surface area contributed by atoms with Gasteiger partial charge >= 0.3 is 5.69 Å². The van der Waals surface area contributed by atoms with E-state index in [-0.39, 0.29) is 23.7 Å². The third-order valence-electron chi connectivity index (χ3n) is 2.86. The fraction of sp³-hybridized carbons (Fsp3) is 0.143. The summed E-state index contributed by atoms with van der Waals surface area (Å²) < 4.78 is 0. The maximum atomic E-state index is 11.1. The second-order valence-corrected chi connectivity index (χ2v) is 4.26. The number of rotatable bonds is 5. The Labute approximate surface area is 120 Å². The number of aromatic nitrogens is 1. The summed E-state index contributed by atoms with van der Waals surface area (Å²) in [7, 11) is 0. The van der Waals surface area contributed by atoms with Crippen molar-refractivity contribution in [3.8, 4) is 6.07 Å². The van der Waals surface area contributed by atoms with Crippen LogP contribution in [0.2, 0.25) is 0 Å². The largest absolute Gasteiger partial charge is 0.392 e. The molecule has 0 saturated carbocycles. The van der Waals surface area contributed by atoms with Crippen molar-refractivity contribution in [1.82, 2.24) is 4.98 Å². The van der Waals surface area contributed by atoms with Gasteiger partial charge in [0, 0.05) is 12.7 Å². The Hall–Kier alpha value is -2.98. The minimum absolute atomic E-state index is 0.0402. The van der Waals surface area contributed by atoms with Gasteiger partial charge in [-0.05, 0) is 17.2 Å². The molecule has 7 heteroatoms. The summed E-state index contributed by atoms with van der Waals surface area (Å²) in [5, 5.41) is 31.9. The van der Waals surface area contributed by atoms with Crippen molar-refractivity contribution in [1.29, 1.82) is 5.26 Å². The van der Waals surface area contributed by atoms with Gasteiger partial charge in [0.2, 0.25) is 5.82 Å². The van der Waals surface area contributed by atoms with Crippen LogP contribution >= 0.6 is 0 Å². The van der Waals surface area contributed by atoms with Gasteiger partial charge in [0.05, 0.1) is 11.5 Å². The summed E-state index contributed by atoms with van der Waals surface area (Å²) in [6.07, 6.45) is 1.35. The molecule has 1 aromatic carbocycles. The first-order valence-electron chi connectivity index (χ1n) is 6.11. The molecule has 0 aliphatic rings. The van der Waals surface area contributed by atoms with Gasteiger partial charge in [-0.2, -0.15) is 5.26 Å². The van der Waals surface area contributed by atoms with Gasteiger partial charge in [0.15, 0.2) is 0 Å². The Bertz CT molecular complexity index is 710. The third kappa shape index (κ3) is 3.32. The van der Waals surface area contributed by atoms with Gasteiger partial charge in [-0.15, -0.1) is 0 Å². The number of anilines is 1. The molecule has 0 amide bonds. The minimum Gasteiger partial charge on any atom is -0.392 e. The number of nitriles is 1. The maximum Gasteiger partial charge on any atom is 0.328 e. The summed E-state index contributed by atoms with van der Waals surface area (Å²) in [5.74, 6) is 0.0495. The van der Waals surface area contributed by atoms with Crippen LogP contribution < -0.4 is 5.32 Å². The van der Waals surface area contributed by atoms with E-state index in [1.165, 1.54) is 12.3 Å². The SMILES string of the molecule is N#Cc1ccnc(NCc2cccc(CO)c2)c1[N+](=O)[O-]. The van der Waals surface area contributed by atoms with Crippen LogP contribution in [-0.4, -0.2) is 15.0 Å². The predicted molar refractivity (Wildman–Crippen MR) is 75.3 cm³/mol. The molecule has 0 unspecified atom stereocenters. The average Bonchev–Trinajstić information content (AvgIpc) is 2.52. The molecule has 2 N–H and O–H groups in total. The van der Waals surface area contributed by atoms with E-state index in [4.69, 9.17) is 10.4 Å². The Balaban J connectivity index is 2.24. The molecule has 0 saturated heterocycles. The van der Waals surface area contributed by atoms with Gasteiger partial charge in [0.1, 0.15) is 11.6 Å². The van der Waals surface area contributed by atoms with Crippen molar-refractivity contribution in [3.63, 3.8) is 0 Å². The summed E-state index contributed by atoms with van der Waals surface area (Å²) in [5.41, 5.74) is 1.22. The number of aliphatic hydroxyl groups excluding tert-OH is 1. The van der Waals surface area contributed by atoms with Crippen molar-refractivity contribution in [2.75, 3.05) is 5.32 Å². The number of nitrogens with one attached hydrogen (secondary N) is 1. The monoisotopic (exact) mass is 284 g/mol. The fourth-order valence-corrected chi connectivity index (χ4v) is 1.88. The lowest BCUT2D eigenvalue weighted by atomic mass is 10.1. The Morgan fingerprint density at radius 3 is 2.81 bits per heavy atom. The molecule has 1 aromatic heterocycles. The molecule has 7 nitrogen and oxygen atoms in total. The van der Waals surface area contributed by atoms with E-state index in [0.717, 1.165) is 11.1 Å². The number of benzene rings is 1. The molecular weight excluding hydrogens is 272 g/mol. The molecule has 21 heavy (non-hydrogen) atoms. The fourth-order valence-electron chi connectivity index (χ4n) is 1.88. The van der Waals surface area contributed by atoms with Crippen molar-refractivity contribution < 1.29 is 10.0 Å². The molecule has 0 aliphatic carbocycles. The molecule has 0 spiro atoms. The molecule has 0 radical (unpaired) electrons. The first-order chi connectivity index (χ1) is 10.2. The second kappa shape index (κ2) is 6.45. The highest BCUT2D eigenvalue weighted by atomic mass is 16.6. The van der Waals surface area contributed by atoms with E-state index >= 15 is 0 Å². The van der Waals surface area contributed by atoms with Gasteiger partial charge in [-0.25, -0.2) is 4.98 Å². The van der Waals surface area contributed by atoms with E-state index in [9.17, 15) is 10.1 Å². The third-order valence-corrected chi connectivity index (χ3v) is 2.86. The van der Waals surface area contributed by atoms with Gasteiger partial charge in [0.25, 0.3) is 0 Å². The number of pyridine rings is 1. The van der Waals surface area contributed by atoms with Crippen LogP contribution in [0.4, 0.5) is 11.5 Å². The number of nitrogens with zero attached hydrogens (tertiary/aromatic N) is 3. The Morgan fingerprint density at radius 1 is 1.38 bits per heavy atom. The highest BCUT2D eigenvalue weighted by Gasteiger charge is 2.20. The van der Waals surface area contributed by atoms with Crippen LogP contribution in [0.25, 0.3) is 0 Å². The average molecular weight is 284 g/mol. The van der Waals surface area contributed by atoms with E-state index < -0.39 is 4.92 Å². The molecule has 1 heterocycles. The number of nitro groups is 1. The van der Waals surface area contributed by atoms with Crippen molar-refractivity contribution in [3.05, 3.63) is 63.3 Å². The standard InChI is InChI=1S/C14H12N4O3/c15-7-12-4-5-16-14(13(12)18(20)21)17-8-10-2-1-3-11(6-10)9-19/h1-6,19H,8-9H2,(H,16,17). The van der Waals surface area contributed by atoms with Crippen molar-refractivity contribution >= 4 is 11.5 Å². The summed E-state index contributed by atoms with van der Waals surface area (Å²) in [6.45, 7) is 0.229. The summed E-state index contributed by atoms with van der Waals surface area (Å²) >= 11 is 0.